The Morgan fingerprint density at radius 1 is 0.861 bits per heavy atom. The Morgan fingerprint density at radius 2 is 1.53 bits per heavy atom. The molecule has 1 aliphatic heterocycles. The largest absolute Gasteiger partial charge is 0.481 e. The van der Waals surface area contributed by atoms with Crippen LogP contribution in [0.25, 0.3) is 11.1 Å². The van der Waals surface area contributed by atoms with Crippen LogP contribution in [0.1, 0.15) is 44.7 Å². The van der Waals surface area contributed by atoms with Crippen LogP contribution < -0.4 is 0 Å². The van der Waals surface area contributed by atoms with Gasteiger partial charge in [0.15, 0.2) is 11.6 Å². The van der Waals surface area contributed by atoms with Gasteiger partial charge in [0.25, 0.3) is 11.8 Å². The number of carbonyl (C=O) groups excluding carboxylic acids is 2. The third kappa shape index (κ3) is 5.18. The van der Waals surface area contributed by atoms with E-state index in [2.05, 4.69) is 0 Å². The van der Waals surface area contributed by atoms with E-state index < -0.39 is 41.4 Å². The second-order valence-corrected chi connectivity index (χ2v) is 8.98. The van der Waals surface area contributed by atoms with Crippen LogP contribution in [0.4, 0.5) is 8.78 Å². The van der Waals surface area contributed by atoms with Crippen molar-refractivity contribution in [3.8, 4) is 11.1 Å². The van der Waals surface area contributed by atoms with E-state index in [0.29, 0.717) is 28.7 Å². The minimum absolute atomic E-state index is 0.0734. The van der Waals surface area contributed by atoms with E-state index in [0.717, 1.165) is 28.2 Å². The zero-order chi connectivity index (χ0) is 26.0. The number of benzene rings is 3. The van der Waals surface area contributed by atoms with Crippen molar-refractivity contribution in [3.05, 3.63) is 94.6 Å². The van der Waals surface area contributed by atoms with Gasteiger partial charge in [0.2, 0.25) is 0 Å². The minimum Gasteiger partial charge on any atom is -0.481 e. The van der Waals surface area contributed by atoms with E-state index in [9.17, 15) is 33.4 Å². The molecule has 1 heterocycles. The van der Waals surface area contributed by atoms with Gasteiger partial charge in [0.1, 0.15) is 0 Å². The van der Waals surface area contributed by atoms with Crippen molar-refractivity contribution in [1.82, 2.24) is 4.90 Å². The first-order valence-electron chi connectivity index (χ1n) is 11.6. The van der Waals surface area contributed by atoms with Crippen molar-refractivity contribution in [2.75, 3.05) is 6.54 Å². The lowest BCUT2D eigenvalue weighted by atomic mass is 9.93. The average Bonchev–Trinajstić information content (AvgIpc) is 3.08. The topological polar surface area (TPSA) is 94.9 Å². The molecular weight excluding hydrogens is 468 g/mol. The molecule has 8 heteroatoms. The normalized spacial score (nSPS) is 14.6. The van der Waals surface area contributed by atoms with Crippen LogP contribution in [0.3, 0.4) is 0 Å². The van der Waals surface area contributed by atoms with Crippen LogP contribution >= 0.6 is 0 Å². The average molecular weight is 494 g/mol. The summed E-state index contributed by atoms with van der Waals surface area (Å²) >= 11 is 0. The highest BCUT2D eigenvalue weighted by Gasteiger charge is 2.37. The zero-order valence-electron chi connectivity index (χ0n) is 19.6. The highest BCUT2D eigenvalue weighted by atomic mass is 19.2. The summed E-state index contributed by atoms with van der Waals surface area (Å²) in [6.45, 7) is 1.70. The second-order valence-electron chi connectivity index (χ2n) is 8.98. The van der Waals surface area contributed by atoms with E-state index >= 15 is 0 Å². The molecule has 1 aliphatic rings. The predicted molar refractivity (Wildman–Crippen MR) is 128 cm³/mol. The maximum Gasteiger partial charge on any atom is 0.309 e. The summed E-state index contributed by atoms with van der Waals surface area (Å²) in [5.41, 5.74) is 3.49. The maximum absolute atomic E-state index is 13.5. The summed E-state index contributed by atoms with van der Waals surface area (Å²) in [7, 11) is 0. The Hall–Kier alpha value is -3.91. The van der Waals surface area contributed by atoms with Gasteiger partial charge >= 0.3 is 5.97 Å². The molecule has 2 atom stereocenters. The van der Waals surface area contributed by atoms with E-state index in [1.807, 2.05) is 6.92 Å². The van der Waals surface area contributed by atoms with Crippen LogP contribution in [-0.2, 0) is 11.2 Å². The fourth-order valence-corrected chi connectivity index (χ4v) is 4.41. The van der Waals surface area contributed by atoms with Gasteiger partial charge in [-0.15, -0.1) is 0 Å². The van der Waals surface area contributed by atoms with E-state index in [1.165, 1.54) is 6.07 Å². The van der Waals surface area contributed by atoms with Crippen molar-refractivity contribution in [3.63, 3.8) is 0 Å². The number of hydrogen-bond donors (Lipinski definition) is 2. The Bertz CT molecular complexity index is 1320. The Balaban J connectivity index is 1.35. The molecule has 0 saturated carbocycles. The fourth-order valence-electron chi connectivity index (χ4n) is 4.41. The molecule has 3 aromatic rings. The highest BCUT2D eigenvalue weighted by Crippen LogP contribution is 2.26. The van der Waals surface area contributed by atoms with Gasteiger partial charge in [-0.1, -0.05) is 42.0 Å². The number of rotatable bonds is 9. The molecule has 0 spiro atoms. The molecule has 0 saturated heterocycles. The van der Waals surface area contributed by atoms with E-state index in [4.69, 9.17) is 0 Å². The minimum atomic E-state index is -1.20. The van der Waals surface area contributed by atoms with Gasteiger partial charge in [-0.3, -0.25) is 19.3 Å². The van der Waals surface area contributed by atoms with Gasteiger partial charge in [0, 0.05) is 6.54 Å². The van der Waals surface area contributed by atoms with Gasteiger partial charge < -0.3 is 10.2 Å². The first kappa shape index (κ1) is 25.2. The van der Waals surface area contributed by atoms with E-state index in [-0.39, 0.29) is 19.4 Å². The lowest BCUT2D eigenvalue weighted by Gasteiger charge is -2.22. The van der Waals surface area contributed by atoms with Crippen LogP contribution in [0, 0.1) is 24.5 Å². The smallest absolute Gasteiger partial charge is 0.309 e. The van der Waals surface area contributed by atoms with Gasteiger partial charge in [-0.25, -0.2) is 8.78 Å². The molecular formula is C28H25F2NO5. The highest BCUT2D eigenvalue weighted by molar-refractivity contribution is 6.21. The van der Waals surface area contributed by atoms with Crippen molar-refractivity contribution in [1.29, 1.82) is 0 Å². The molecule has 0 aliphatic carbocycles. The summed E-state index contributed by atoms with van der Waals surface area (Å²) in [5.74, 6) is -5.14. The second kappa shape index (κ2) is 10.4. The summed E-state index contributed by atoms with van der Waals surface area (Å²) < 4.78 is 26.7. The summed E-state index contributed by atoms with van der Waals surface area (Å²) in [6.07, 6.45) is -0.723. The number of hydrogen-bond acceptors (Lipinski definition) is 4. The molecule has 36 heavy (non-hydrogen) atoms. The van der Waals surface area contributed by atoms with Crippen LogP contribution in [-0.4, -0.2) is 45.5 Å². The number of carboxylic acids is 1. The molecule has 0 bridgehead atoms. The lowest BCUT2D eigenvalue weighted by molar-refractivity contribution is -0.146. The number of aryl methyl sites for hydroxylation is 2. The SMILES string of the molecule is Cc1ccc2c(c1)C(=O)N(CC[C@H](C(=O)O)[C@H](O)CCc1ccc(-c3ccc(F)c(F)c3)cc1)C2=O. The molecule has 3 aromatic carbocycles. The van der Waals surface area contributed by atoms with Gasteiger partial charge in [0.05, 0.1) is 23.1 Å². The number of halogens is 2. The zero-order valence-corrected chi connectivity index (χ0v) is 19.6. The Morgan fingerprint density at radius 3 is 2.19 bits per heavy atom. The van der Waals surface area contributed by atoms with Gasteiger partial charge in [-0.05, 0) is 67.1 Å². The maximum atomic E-state index is 13.5. The predicted octanol–water partition coefficient (Wildman–Crippen LogP) is 4.62. The number of aliphatic hydroxyl groups excluding tert-OH is 1. The van der Waals surface area contributed by atoms with Crippen molar-refractivity contribution < 1.29 is 33.4 Å². The van der Waals surface area contributed by atoms with Crippen LogP contribution in [0.5, 0.6) is 0 Å². The number of fused-ring (bicyclic) bond motifs is 1. The monoisotopic (exact) mass is 493 g/mol. The number of carbonyl (C=O) groups is 3. The van der Waals surface area contributed by atoms with Crippen molar-refractivity contribution in [2.45, 2.75) is 32.3 Å². The molecule has 0 unspecified atom stereocenters. The fraction of sp³-hybridized carbons (Fsp3) is 0.250. The molecule has 6 nitrogen and oxygen atoms in total. The molecule has 0 radical (unpaired) electrons. The summed E-state index contributed by atoms with van der Waals surface area (Å²) in [6, 6.07) is 15.7. The van der Waals surface area contributed by atoms with Crippen LogP contribution in [0.2, 0.25) is 0 Å². The quantitative estimate of drug-likeness (QED) is 0.424. The number of imide groups is 1. The van der Waals surface area contributed by atoms with Crippen LogP contribution in [0.15, 0.2) is 60.7 Å². The number of nitrogens with zero attached hydrogens (tertiary/aromatic N) is 1. The van der Waals surface area contributed by atoms with Crippen molar-refractivity contribution in [2.24, 2.45) is 5.92 Å². The first-order valence-corrected chi connectivity index (χ1v) is 11.6. The Labute approximate surface area is 206 Å². The first-order chi connectivity index (χ1) is 17.2. The number of aliphatic hydroxyl groups is 1. The van der Waals surface area contributed by atoms with E-state index in [1.54, 1.807) is 42.5 Å². The Kier molecular flexibility index (Phi) is 7.26. The molecule has 186 valence electrons. The third-order valence-corrected chi connectivity index (χ3v) is 6.51. The molecule has 4 rings (SSSR count). The third-order valence-electron chi connectivity index (χ3n) is 6.51. The number of amides is 2. The van der Waals surface area contributed by atoms with Crippen molar-refractivity contribution >= 4 is 17.8 Å². The molecule has 0 fully saturated rings. The lowest BCUT2D eigenvalue weighted by Crippen LogP contribution is -2.36. The summed E-state index contributed by atoms with van der Waals surface area (Å²) in [5, 5.41) is 20.3. The molecule has 2 N–H and O–H groups in total. The number of carboxylic acid groups (broad SMARTS) is 1. The summed E-state index contributed by atoms with van der Waals surface area (Å²) in [4.78, 5) is 38.1. The standard InChI is InChI=1S/C28H25F2NO5/c1-16-2-9-20-22(14-16)27(34)31(26(20)33)13-12-21(28(35)36)25(32)11-5-17-3-6-18(7-4-17)19-8-10-23(29)24(30)15-19/h2-4,6-10,14-15,21,25,32H,5,11-13H2,1H3,(H,35,36)/t21-,25+/m0/s1. The molecule has 0 aromatic heterocycles. The molecule has 2 amide bonds. The van der Waals surface area contributed by atoms with Gasteiger partial charge in [-0.2, -0.15) is 0 Å². The number of aliphatic carboxylic acids is 1.